The molecular formula is C17H27NO2. The number of hydrogen-bond donors (Lipinski definition) is 1. The quantitative estimate of drug-likeness (QED) is 0.793. The van der Waals surface area contributed by atoms with E-state index in [2.05, 4.69) is 31.3 Å². The Kier molecular flexibility index (Phi) is 7.31. The van der Waals surface area contributed by atoms with Crippen molar-refractivity contribution in [2.75, 3.05) is 13.7 Å². The zero-order chi connectivity index (χ0) is 15.0. The lowest BCUT2D eigenvalue weighted by molar-refractivity contribution is -0.130. The predicted octanol–water partition coefficient (Wildman–Crippen LogP) is 3.04. The minimum absolute atomic E-state index is 0.0169. The average molecular weight is 277 g/mol. The van der Waals surface area contributed by atoms with Crippen LogP contribution in [0, 0.1) is 11.8 Å². The monoisotopic (exact) mass is 277 g/mol. The highest BCUT2D eigenvalue weighted by Crippen LogP contribution is 2.19. The van der Waals surface area contributed by atoms with E-state index in [9.17, 15) is 4.79 Å². The Morgan fingerprint density at radius 3 is 2.45 bits per heavy atom. The van der Waals surface area contributed by atoms with Gasteiger partial charge in [0.1, 0.15) is 0 Å². The summed E-state index contributed by atoms with van der Waals surface area (Å²) in [5, 5.41) is 3.01. The van der Waals surface area contributed by atoms with Crippen LogP contribution in [0.4, 0.5) is 0 Å². The molecule has 3 nitrogen and oxygen atoms in total. The molecule has 0 heterocycles. The highest BCUT2D eigenvalue weighted by atomic mass is 16.5. The van der Waals surface area contributed by atoms with E-state index in [1.54, 1.807) is 7.11 Å². The van der Waals surface area contributed by atoms with Gasteiger partial charge in [-0.2, -0.15) is 0 Å². The van der Waals surface area contributed by atoms with Crippen LogP contribution in [0.5, 0.6) is 0 Å². The van der Waals surface area contributed by atoms with Gasteiger partial charge in [0, 0.05) is 13.7 Å². The van der Waals surface area contributed by atoms with Crippen LogP contribution in [0.2, 0.25) is 0 Å². The van der Waals surface area contributed by atoms with E-state index in [0.29, 0.717) is 12.5 Å². The van der Waals surface area contributed by atoms with Crippen LogP contribution in [0.3, 0.4) is 0 Å². The van der Waals surface area contributed by atoms with Gasteiger partial charge in [-0.15, -0.1) is 0 Å². The average Bonchev–Trinajstić information content (AvgIpc) is 2.48. The number of carbonyl (C=O) groups excluding carboxylic acids is 1. The number of ether oxygens (including phenoxy) is 1. The van der Waals surface area contributed by atoms with E-state index in [-0.39, 0.29) is 17.9 Å². The zero-order valence-electron chi connectivity index (χ0n) is 13.1. The first-order valence-corrected chi connectivity index (χ1v) is 7.44. The first kappa shape index (κ1) is 16.7. The first-order chi connectivity index (χ1) is 9.60. The van der Waals surface area contributed by atoms with Gasteiger partial charge in [0.25, 0.3) is 0 Å². The molecule has 0 aliphatic carbocycles. The third kappa shape index (κ3) is 4.97. The molecule has 0 spiro atoms. The van der Waals surface area contributed by atoms with Gasteiger partial charge in [-0.05, 0) is 17.9 Å². The Morgan fingerprint density at radius 1 is 1.25 bits per heavy atom. The summed E-state index contributed by atoms with van der Waals surface area (Å²) in [6.45, 7) is 6.86. The van der Waals surface area contributed by atoms with Crippen molar-refractivity contribution in [1.29, 1.82) is 0 Å². The SMILES string of the molecule is CCC(C)C(OC)C(C)C(=O)NCCc1ccccc1. The molecule has 0 aliphatic rings. The van der Waals surface area contributed by atoms with Crippen molar-refractivity contribution in [1.82, 2.24) is 5.32 Å². The van der Waals surface area contributed by atoms with Gasteiger partial charge >= 0.3 is 0 Å². The molecule has 0 radical (unpaired) electrons. The Labute approximate surface area is 122 Å². The number of nitrogens with one attached hydrogen (secondary N) is 1. The zero-order valence-corrected chi connectivity index (χ0v) is 13.1. The third-order valence-corrected chi connectivity index (χ3v) is 3.94. The van der Waals surface area contributed by atoms with Crippen LogP contribution in [0.25, 0.3) is 0 Å². The molecule has 3 heteroatoms. The number of amides is 1. The van der Waals surface area contributed by atoms with E-state index < -0.39 is 0 Å². The van der Waals surface area contributed by atoms with Crippen LogP contribution < -0.4 is 5.32 Å². The van der Waals surface area contributed by atoms with Crippen LogP contribution in [0.15, 0.2) is 30.3 Å². The molecule has 1 amide bonds. The molecule has 1 rings (SSSR count). The molecule has 3 unspecified atom stereocenters. The lowest BCUT2D eigenvalue weighted by atomic mass is 9.91. The van der Waals surface area contributed by atoms with Gasteiger partial charge in [0.05, 0.1) is 12.0 Å². The molecule has 20 heavy (non-hydrogen) atoms. The van der Waals surface area contributed by atoms with Crippen molar-refractivity contribution >= 4 is 5.91 Å². The van der Waals surface area contributed by atoms with Gasteiger partial charge < -0.3 is 10.1 Å². The Hall–Kier alpha value is -1.35. The second-order valence-corrected chi connectivity index (χ2v) is 5.40. The van der Waals surface area contributed by atoms with Crippen LogP contribution >= 0.6 is 0 Å². The lowest BCUT2D eigenvalue weighted by Gasteiger charge is -2.27. The topological polar surface area (TPSA) is 38.3 Å². The van der Waals surface area contributed by atoms with Gasteiger partial charge in [0.2, 0.25) is 5.91 Å². The highest BCUT2D eigenvalue weighted by molar-refractivity contribution is 5.78. The molecule has 0 fully saturated rings. The Bertz CT molecular complexity index is 391. The van der Waals surface area contributed by atoms with Crippen molar-refractivity contribution in [2.45, 2.75) is 39.7 Å². The van der Waals surface area contributed by atoms with Crippen LogP contribution in [0.1, 0.15) is 32.8 Å². The fraction of sp³-hybridized carbons (Fsp3) is 0.588. The smallest absolute Gasteiger partial charge is 0.225 e. The predicted molar refractivity (Wildman–Crippen MR) is 82.6 cm³/mol. The van der Waals surface area contributed by atoms with Crippen molar-refractivity contribution in [2.24, 2.45) is 11.8 Å². The maximum atomic E-state index is 12.2. The maximum Gasteiger partial charge on any atom is 0.225 e. The summed E-state index contributed by atoms with van der Waals surface area (Å²) in [6.07, 6.45) is 1.86. The maximum absolute atomic E-state index is 12.2. The minimum Gasteiger partial charge on any atom is -0.380 e. The summed E-state index contributed by atoms with van der Waals surface area (Å²) < 4.78 is 5.49. The van der Waals surface area contributed by atoms with Crippen LogP contribution in [-0.4, -0.2) is 25.7 Å². The summed E-state index contributed by atoms with van der Waals surface area (Å²) in [6, 6.07) is 10.2. The lowest BCUT2D eigenvalue weighted by Crippen LogP contribution is -2.40. The standard InChI is InChI=1S/C17H27NO2/c1-5-13(2)16(20-4)14(3)17(19)18-12-11-15-9-7-6-8-10-15/h6-10,13-14,16H,5,11-12H2,1-4H3,(H,18,19). The van der Waals surface area contributed by atoms with E-state index >= 15 is 0 Å². The fourth-order valence-electron chi connectivity index (χ4n) is 2.45. The molecule has 3 atom stereocenters. The van der Waals surface area contributed by atoms with Crippen molar-refractivity contribution in [3.05, 3.63) is 35.9 Å². The third-order valence-electron chi connectivity index (χ3n) is 3.94. The summed E-state index contributed by atoms with van der Waals surface area (Å²) in [5.41, 5.74) is 1.24. The van der Waals surface area contributed by atoms with Crippen molar-refractivity contribution < 1.29 is 9.53 Å². The first-order valence-electron chi connectivity index (χ1n) is 7.44. The molecule has 0 saturated carbocycles. The molecular weight excluding hydrogens is 250 g/mol. The summed E-state index contributed by atoms with van der Waals surface area (Å²) in [4.78, 5) is 12.2. The summed E-state index contributed by atoms with van der Waals surface area (Å²) in [7, 11) is 1.69. The van der Waals surface area contributed by atoms with E-state index in [0.717, 1.165) is 12.8 Å². The Balaban J connectivity index is 2.41. The molecule has 112 valence electrons. The second kappa shape index (κ2) is 8.75. The van der Waals surface area contributed by atoms with E-state index in [1.165, 1.54) is 5.56 Å². The van der Waals surface area contributed by atoms with Crippen molar-refractivity contribution in [3.8, 4) is 0 Å². The Morgan fingerprint density at radius 2 is 1.90 bits per heavy atom. The normalized spacial score (nSPS) is 15.4. The fourth-order valence-corrected chi connectivity index (χ4v) is 2.45. The molecule has 0 aromatic heterocycles. The van der Waals surface area contributed by atoms with E-state index in [4.69, 9.17) is 4.74 Å². The van der Waals surface area contributed by atoms with Gasteiger partial charge in [-0.3, -0.25) is 4.79 Å². The molecule has 1 N–H and O–H groups in total. The van der Waals surface area contributed by atoms with Gasteiger partial charge in [-0.1, -0.05) is 57.5 Å². The number of benzene rings is 1. The molecule has 1 aromatic rings. The highest BCUT2D eigenvalue weighted by Gasteiger charge is 2.27. The second-order valence-electron chi connectivity index (χ2n) is 5.40. The summed E-state index contributed by atoms with van der Waals surface area (Å²) in [5.74, 6) is 0.341. The number of carbonyl (C=O) groups is 1. The molecule has 0 aliphatic heterocycles. The molecule has 1 aromatic carbocycles. The van der Waals surface area contributed by atoms with Gasteiger partial charge in [0.15, 0.2) is 0 Å². The van der Waals surface area contributed by atoms with Crippen molar-refractivity contribution in [3.63, 3.8) is 0 Å². The summed E-state index contributed by atoms with van der Waals surface area (Å²) >= 11 is 0. The molecule has 0 saturated heterocycles. The minimum atomic E-state index is -0.120. The van der Waals surface area contributed by atoms with E-state index in [1.807, 2.05) is 25.1 Å². The van der Waals surface area contributed by atoms with Crippen LogP contribution in [-0.2, 0) is 16.0 Å². The largest absolute Gasteiger partial charge is 0.380 e. The number of methoxy groups -OCH3 is 1. The number of rotatable bonds is 8. The number of hydrogen-bond acceptors (Lipinski definition) is 2. The van der Waals surface area contributed by atoms with Gasteiger partial charge in [-0.25, -0.2) is 0 Å². The molecule has 0 bridgehead atoms.